The lowest BCUT2D eigenvalue weighted by Gasteiger charge is -2.34. The van der Waals surface area contributed by atoms with Crippen molar-refractivity contribution in [1.29, 1.82) is 0 Å². The van der Waals surface area contributed by atoms with Crippen LogP contribution in [0.3, 0.4) is 0 Å². The summed E-state index contributed by atoms with van der Waals surface area (Å²) in [5, 5.41) is 4.62. The van der Waals surface area contributed by atoms with Crippen LogP contribution in [0.1, 0.15) is 35.4 Å². The summed E-state index contributed by atoms with van der Waals surface area (Å²) in [6.07, 6.45) is 2.52. The quantitative estimate of drug-likeness (QED) is 0.396. The molecule has 0 spiro atoms. The molecule has 3 nitrogen and oxygen atoms in total. The summed E-state index contributed by atoms with van der Waals surface area (Å²) in [5.41, 5.74) is 4.25. The molecule has 2 fully saturated rings. The molecule has 2 aliphatic heterocycles. The van der Waals surface area contributed by atoms with Crippen molar-refractivity contribution in [1.82, 2.24) is 9.80 Å². The Labute approximate surface area is 203 Å². The first kappa shape index (κ1) is 22.8. The standard InChI is InChI=1S/C29H36N2OS/c1-3-7-24(8-4-1)17-31-19-28(29(20-31)27-13-16-33-23-27)18-30-14-11-26(12-15-30)22-32-21-25-9-5-2-6-10-25/h1-10,13,16,23,26,28-29H,11-12,14-15,17-22H2. The van der Waals surface area contributed by atoms with Crippen molar-refractivity contribution in [2.45, 2.75) is 31.9 Å². The lowest BCUT2D eigenvalue weighted by Crippen LogP contribution is -2.39. The number of piperidine rings is 1. The molecule has 0 N–H and O–H groups in total. The minimum Gasteiger partial charge on any atom is -0.376 e. The van der Waals surface area contributed by atoms with Gasteiger partial charge in [-0.3, -0.25) is 4.90 Å². The Hall–Kier alpha value is -1.98. The van der Waals surface area contributed by atoms with Crippen molar-refractivity contribution in [2.24, 2.45) is 11.8 Å². The number of rotatable bonds is 9. The number of hydrogen-bond donors (Lipinski definition) is 0. The molecular weight excluding hydrogens is 424 g/mol. The molecule has 4 heteroatoms. The van der Waals surface area contributed by atoms with E-state index in [1.54, 1.807) is 5.56 Å². The molecule has 0 radical (unpaired) electrons. The number of benzene rings is 2. The fourth-order valence-corrected chi connectivity index (χ4v) is 6.29. The van der Waals surface area contributed by atoms with Crippen LogP contribution in [0, 0.1) is 11.8 Å². The maximum absolute atomic E-state index is 6.04. The van der Waals surface area contributed by atoms with Crippen LogP contribution >= 0.6 is 11.3 Å². The molecule has 0 amide bonds. The Kier molecular flexibility index (Phi) is 7.90. The Morgan fingerprint density at radius 2 is 1.55 bits per heavy atom. The van der Waals surface area contributed by atoms with Gasteiger partial charge in [0, 0.05) is 38.7 Å². The van der Waals surface area contributed by atoms with E-state index >= 15 is 0 Å². The maximum atomic E-state index is 6.04. The summed E-state index contributed by atoms with van der Waals surface area (Å²) in [4.78, 5) is 5.40. The van der Waals surface area contributed by atoms with Gasteiger partial charge < -0.3 is 9.64 Å². The molecule has 5 rings (SSSR count). The summed E-state index contributed by atoms with van der Waals surface area (Å²) < 4.78 is 6.04. The Morgan fingerprint density at radius 3 is 2.24 bits per heavy atom. The van der Waals surface area contributed by atoms with E-state index in [-0.39, 0.29) is 0 Å². The van der Waals surface area contributed by atoms with E-state index in [0.717, 1.165) is 19.8 Å². The van der Waals surface area contributed by atoms with Gasteiger partial charge in [0.1, 0.15) is 0 Å². The van der Waals surface area contributed by atoms with Crippen LogP contribution in [-0.2, 0) is 17.9 Å². The average Bonchev–Trinajstić information content (AvgIpc) is 3.52. The van der Waals surface area contributed by atoms with E-state index in [9.17, 15) is 0 Å². The normalized spacial score (nSPS) is 22.7. The summed E-state index contributed by atoms with van der Waals surface area (Å²) in [7, 11) is 0. The van der Waals surface area contributed by atoms with Crippen LogP contribution in [0.5, 0.6) is 0 Å². The molecule has 2 atom stereocenters. The number of ether oxygens (including phenoxy) is 1. The van der Waals surface area contributed by atoms with Gasteiger partial charge in [-0.15, -0.1) is 0 Å². The molecular formula is C29H36N2OS. The zero-order valence-electron chi connectivity index (χ0n) is 19.5. The summed E-state index contributed by atoms with van der Waals surface area (Å²) in [5.74, 6) is 2.08. The Morgan fingerprint density at radius 1 is 0.818 bits per heavy atom. The van der Waals surface area contributed by atoms with Gasteiger partial charge in [-0.25, -0.2) is 0 Å². The average molecular weight is 461 g/mol. The summed E-state index contributed by atoms with van der Waals surface area (Å²) in [6.45, 7) is 8.74. The third-order valence-corrected chi connectivity index (χ3v) is 8.10. The first-order chi connectivity index (χ1) is 16.3. The highest BCUT2D eigenvalue weighted by Crippen LogP contribution is 2.35. The van der Waals surface area contributed by atoms with Gasteiger partial charge in [0.2, 0.25) is 0 Å². The van der Waals surface area contributed by atoms with Gasteiger partial charge in [0.15, 0.2) is 0 Å². The molecule has 2 saturated heterocycles. The molecule has 2 unspecified atom stereocenters. The van der Waals surface area contributed by atoms with Crippen LogP contribution in [0.2, 0.25) is 0 Å². The summed E-state index contributed by atoms with van der Waals surface area (Å²) in [6, 6.07) is 23.8. The van der Waals surface area contributed by atoms with E-state index in [4.69, 9.17) is 4.74 Å². The van der Waals surface area contributed by atoms with Gasteiger partial charge in [-0.2, -0.15) is 11.3 Å². The topological polar surface area (TPSA) is 15.7 Å². The molecule has 2 aromatic carbocycles. The van der Waals surface area contributed by atoms with Crippen molar-refractivity contribution in [2.75, 3.05) is 39.3 Å². The second-order valence-corrected chi connectivity index (χ2v) is 10.6. The maximum Gasteiger partial charge on any atom is 0.0717 e. The minimum absolute atomic E-state index is 0.659. The first-order valence-electron chi connectivity index (χ1n) is 12.5. The molecule has 0 aliphatic carbocycles. The molecule has 2 aliphatic rings. The third kappa shape index (κ3) is 6.33. The van der Waals surface area contributed by atoms with Gasteiger partial charge in [-0.1, -0.05) is 60.7 Å². The van der Waals surface area contributed by atoms with E-state index in [0.29, 0.717) is 17.8 Å². The lowest BCUT2D eigenvalue weighted by atomic mass is 9.89. The summed E-state index contributed by atoms with van der Waals surface area (Å²) >= 11 is 1.84. The smallest absolute Gasteiger partial charge is 0.0717 e. The number of nitrogens with zero attached hydrogens (tertiary/aromatic N) is 2. The van der Waals surface area contributed by atoms with E-state index in [1.165, 1.54) is 56.7 Å². The molecule has 174 valence electrons. The van der Waals surface area contributed by atoms with Gasteiger partial charge in [0.05, 0.1) is 6.61 Å². The van der Waals surface area contributed by atoms with Crippen LogP contribution < -0.4 is 0 Å². The second kappa shape index (κ2) is 11.4. The first-order valence-corrected chi connectivity index (χ1v) is 13.4. The molecule has 3 aromatic rings. The van der Waals surface area contributed by atoms with E-state index < -0.39 is 0 Å². The van der Waals surface area contributed by atoms with Crippen LogP contribution in [0.15, 0.2) is 77.5 Å². The number of thiophene rings is 1. The SMILES string of the molecule is c1ccc(COCC2CCN(CC3CN(Cc4ccccc4)CC3c3ccsc3)CC2)cc1. The third-order valence-electron chi connectivity index (χ3n) is 7.40. The fourth-order valence-electron chi connectivity index (χ4n) is 5.56. The molecule has 3 heterocycles. The lowest BCUT2D eigenvalue weighted by molar-refractivity contribution is 0.0542. The molecule has 1 aromatic heterocycles. The van der Waals surface area contributed by atoms with Crippen molar-refractivity contribution < 1.29 is 4.74 Å². The van der Waals surface area contributed by atoms with Crippen molar-refractivity contribution in [3.8, 4) is 0 Å². The number of likely N-dealkylation sites (tertiary alicyclic amines) is 2. The van der Waals surface area contributed by atoms with Crippen molar-refractivity contribution >= 4 is 11.3 Å². The van der Waals surface area contributed by atoms with E-state index in [1.807, 2.05) is 11.3 Å². The zero-order valence-corrected chi connectivity index (χ0v) is 20.3. The highest BCUT2D eigenvalue weighted by atomic mass is 32.1. The van der Waals surface area contributed by atoms with Crippen molar-refractivity contribution in [3.05, 3.63) is 94.2 Å². The van der Waals surface area contributed by atoms with Crippen LogP contribution in [-0.4, -0.2) is 49.1 Å². The largest absolute Gasteiger partial charge is 0.376 e. The Bertz CT molecular complexity index is 938. The zero-order chi connectivity index (χ0) is 22.3. The predicted octanol–water partition coefficient (Wildman–Crippen LogP) is 5.89. The van der Waals surface area contributed by atoms with Gasteiger partial charge >= 0.3 is 0 Å². The predicted molar refractivity (Wildman–Crippen MR) is 138 cm³/mol. The van der Waals surface area contributed by atoms with Crippen molar-refractivity contribution in [3.63, 3.8) is 0 Å². The number of hydrogen-bond acceptors (Lipinski definition) is 4. The highest BCUT2D eigenvalue weighted by Gasteiger charge is 2.35. The monoisotopic (exact) mass is 460 g/mol. The minimum atomic E-state index is 0.659. The fraction of sp³-hybridized carbons (Fsp3) is 0.448. The van der Waals surface area contributed by atoms with Crippen LogP contribution in [0.4, 0.5) is 0 Å². The van der Waals surface area contributed by atoms with Gasteiger partial charge in [-0.05, 0) is 71.3 Å². The molecule has 0 bridgehead atoms. The van der Waals surface area contributed by atoms with E-state index in [2.05, 4.69) is 87.3 Å². The van der Waals surface area contributed by atoms with Crippen LogP contribution in [0.25, 0.3) is 0 Å². The second-order valence-electron chi connectivity index (χ2n) is 9.85. The highest BCUT2D eigenvalue weighted by molar-refractivity contribution is 7.08. The van der Waals surface area contributed by atoms with Gasteiger partial charge in [0.25, 0.3) is 0 Å². The molecule has 33 heavy (non-hydrogen) atoms. The Balaban J connectivity index is 1.11. The molecule has 0 saturated carbocycles.